The summed E-state index contributed by atoms with van der Waals surface area (Å²) in [6.45, 7) is 4.84. The number of hydrogen-bond donors (Lipinski definition) is 2. The molecule has 0 saturated carbocycles. The van der Waals surface area contributed by atoms with E-state index >= 15 is 0 Å². The Hall–Kier alpha value is -1.27. The van der Waals surface area contributed by atoms with Gasteiger partial charge in [0.05, 0.1) is 17.7 Å². The number of aryl methyl sites for hydroxylation is 1. The van der Waals surface area contributed by atoms with Crippen LogP contribution in [0.2, 0.25) is 0 Å². The summed E-state index contributed by atoms with van der Waals surface area (Å²) in [6.07, 6.45) is 1.51. The van der Waals surface area contributed by atoms with Crippen molar-refractivity contribution in [1.82, 2.24) is 25.5 Å². The van der Waals surface area contributed by atoms with Gasteiger partial charge in [-0.3, -0.25) is 5.10 Å². The smallest absolute Gasteiger partial charge is 0.138 e. The minimum atomic E-state index is 0.294. The molecule has 5 nitrogen and oxygen atoms in total. The van der Waals surface area contributed by atoms with Crippen molar-refractivity contribution in [1.29, 1.82) is 0 Å². The third-order valence-corrected chi connectivity index (χ3v) is 3.33. The fourth-order valence-electron chi connectivity index (χ4n) is 1.38. The lowest BCUT2D eigenvalue weighted by atomic mass is 10.2. The lowest BCUT2D eigenvalue weighted by Gasteiger charge is -2.11. The zero-order valence-corrected chi connectivity index (χ0v) is 9.51. The number of hydrogen-bond acceptors (Lipinski definition) is 5. The SMILES string of the molecule is Cc1ncsc1C(C)NCc1ncn[nH]1. The Morgan fingerprint density at radius 1 is 1.53 bits per heavy atom. The monoisotopic (exact) mass is 223 g/mol. The molecule has 0 radical (unpaired) electrons. The van der Waals surface area contributed by atoms with Crippen molar-refractivity contribution in [3.8, 4) is 0 Å². The van der Waals surface area contributed by atoms with E-state index in [1.807, 2.05) is 12.4 Å². The summed E-state index contributed by atoms with van der Waals surface area (Å²) < 4.78 is 0. The topological polar surface area (TPSA) is 66.5 Å². The predicted molar refractivity (Wildman–Crippen MR) is 58.5 cm³/mol. The molecular formula is C9H13N5S. The molecule has 0 aliphatic heterocycles. The first-order valence-electron chi connectivity index (χ1n) is 4.75. The van der Waals surface area contributed by atoms with Crippen LogP contribution in [0.4, 0.5) is 0 Å². The van der Waals surface area contributed by atoms with Crippen molar-refractivity contribution in [3.63, 3.8) is 0 Å². The summed E-state index contributed by atoms with van der Waals surface area (Å²) >= 11 is 1.67. The average Bonchev–Trinajstić information content (AvgIpc) is 2.84. The van der Waals surface area contributed by atoms with Crippen LogP contribution >= 0.6 is 11.3 Å². The minimum Gasteiger partial charge on any atom is -0.302 e. The van der Waals surface area contributed by atoms with Crippen LogP contribution in [0.5, 0.6) is 0 Å². The van der Waals surface area contributed by atoms with E-state index in [1.54, 1.807) is 11.3 Å². The minimum absolute atomic E-state index is 0.294. The lowest BCUT2D eigenvalue weighted by Crippen LogP contribution is -2.18. The van der Waals surface area contributed by atoms with E-state index in [0.717, 1.165) is 11.5 Å². The number of nitrogens with one attached hydrogen (secondary N) is 2. The summed E-state index contributed by atoms with van der Waals surface area (Å²) in [5, 5.41) is 9.98. The quantitative estimate of drug-likeness (QED) is 0.822. The largest absolute Gasteiger partial charge is 0.302 e. The molecule has 0 spiro atoms. The Morgan fingerprint density at radius 2 is 2.40 bits per heavy atom. The lowest BCUT2D eigenvalue weighted by molar-refractivity contribution is 0.564. The molecule has 6 heteroatoms. The van der Waals surface area contributed by atoms with E-state index in [2.05, 4.69) is 32.4 Å². The summed E-state index contributed by atoms with van der Waals surface area (Å²) in [5.41, 5.74) is 2.97. The Bertz CT molecular complexity index is 408. The van der Waals surface area contributed by atoms with E-state index in [1.165, 1.54) is 11.2 Å². The molecule has 15 heavy (non-hydrogen) atoms. The van der Waals surface area contributed by atoms with Crippen molar-refractivity contribution < 1.29 is 0 Å². The van der Waals surface area contributed by atoms with Crippen molar-refractivity contribution in [3.05, 3.63) is 28.2 Å². The Balaban J connectivity index is 1.93. The van der Waals surface area contributed by atoms with Gasteiger partial charge >= 0.3 is 0 Å². The van der Waals surface area contributed by atoms with Gasteiger partial charge in [-0.15, -0.1) is 11.3 Å². The first-order valence-corrected chi connectivity index (χ1v) is 5.63. The van der Waals surface area contributed by atoms with E-state index in [4.69, 9.17) is 0 Å². The fourth-order valence-corrected chi connectivity index (χ4v) is 2.22. The van der Waals surface area contributed by atoms with Crippen LogP contribution in [0.1, 0.15) is 29.4 Å². The van der Waals surface area contributed by atoms with Gasteiger partial charge in [0.15, 0.2) is 0 Å². The van der Waals surface area contributed by atoms with Crippen LogP contribution in [0.15, 0.2) is 11.8 Å². The van der Waals surface area contributed by atoms with Gasteiger partial charge in [-0.25, -0.2) is 9.97 Å². The van der Waals surface area contributed by atoms with Gasteiger partial charge in [0.25, 0.3) is 0 Å². The first kappa shape index (κ1) is 10.3. The summed E-state index contributed by atoms with van der Waals surface area (Å²) in [5.74, 6) is 0.851. The Morgan fingerprint density at radius 3 is 3.00 bits per heavy atom. The number of aromatic nitrogens is 4. The van der Waals surface area contributed by atoms with Gasteiger partial charge in [-0.05, 0) is 13.8 Å². The molecule has 2 aromatic heterocycles. The molecular weight excluding hydrogens is 210 g/mol. The van der Waals surface area contributed by atoms with Gasteiger partial charge in [0, 0.05) is 10.9 Å². The standard InChI is InChI=1S/C9H13N5S/c1-6(9-7(2)12-5-15-9)10-3-8-11-4-13-14-8/h4-6,10H,3H2,1-2H3,(H,11,13,14). The molecule has 2 aromatic rings. The van der Waals surface area contributed by atoms with Gasteiger partial charge < -0.3 is 5.32 Å². The molecule has 0 aliphatic rings. The molecule has 80 valence electrons. The second-order valence-electron chi connectivity index (χ2n) is 3.34. The van der Waals surface area contributed by atoms with Crippen LogP contribution < -0.4 is 5.32 Å². The highest BCUT2D eigenvalue weighted by Crippen LogP contribution is 2.20. The first-order chi connectivity index (χ1) is 7.27. The third-order valence-electron chi connectivity index (χ3n) is 2.22. The summed E-state index contributed by atoms with van der Waals surface area (Å²) in [6, 6.07) is 0.294. The normalized spacial score (nSPS) is 12.9. The molecule has 0 bridgehead atoms. The number of thiazole rings is 1. The maximum atomic E-state index is 4.23. The Labute approximate surface area is 92.0 Å². The molecule has 2 heterocycles. The van der Waals surface area contributed by atoms with E-state index in [0.29, 0.717) is 12.6 Å². The van der Waals surface area contributed by atoms with Crippen LogP contribution in [0.3, 0.4) is 0 Å². The molecule has 0 aromatic carbocycles. The Kier molecular flexibility index (Phi) is 3.08. The molecule has 2 rings (SSSR count). The van der Waals surface area contributed by atoms with Crippen LogP contribution in [0.25, 0.3) is 0 Å². The number of nitrogens with zero attached hydrogens (tertiary/aromatic N) is 3. The van der Waals surface area contributed by atoms with Gasteiger partial charge in [-0.2, -0.15) is 5.10 Å². The fraction of sp³-hybridized carbons (Fsp3) is 0.444. The highest BCUT2D eigenvalue weighted by Gasteiger charge is 2.10. The van der Waals surface area contributed by atoms with E-state index in [-0.39, 0.29) is 0 Å². The molecule has 0 saturated heterocycles. The second-order valence-corrected chi connectivity index (χ2v) is 4.22. The summed E-state index contributed by atoms with van der Waals surface area (Å²) in [4.78, 5) is 9.55. The van der Waals surface area contributed by atoms with Crippen LogP contribution in [-0.2, 0) is 6.54 Å². The van der Waals surface area contributed by atoms with Gasteiger partial charge in [0.2, 0.25) is 0 Å². The highest BCUT2D eigenvalue weighted by atomic mass is 32.1. The predicted octanol–water partition coefficient (Wildman–Crippen LogP) is 1.42. The number of rotatable bonds is 4. The second kappa shape index (κ2) is 4.50. The van der Waals surface area contributed by atoms with Crippen molar-refractivity contribution in [2.75, 3.05) is 0 Å². The molecule has 2 N–H and O–H groups in total. The molecule has 0 aliphatic carbocycles. The zero-order chi connectivity index (χ0) is 10.7. The maximum Gasteiger partial charge on any atom is 0.138 e. The van der Waals surface area contributed by atoms with Crippen LogP contribution in [-0.4, -0.2) is 20.2 Å². The molecule has 1 atom stereocenters. The summed E-state index contributed by atoms with van der Waals surface area (Å²) in [7, 11) is 0. The van der Waals surface area contributed by atoms with Crippen molar-refractivity contribution >= 4 is 11.3 Å². The molecule has 1 unspecified atom stereocenters. The maximum absolute atomic E-state index is 4.23. The molecule has 0 amide bonds. The van der Waals surface area contributed by atoms with Crippen molar-refractivity contribution in [2.45, 2.75) is 26.4 Å². The zero-order valence-electron chi connectivity index (χ0n) is 8.69. The van der Waals surface area contributed by atoms with E-state index in [9.17, 15) is 0 Å². The highest BCUT2D eigenvalue weighted by molar-refractivity contribution is 7.09. The van der Waals surface area contributed by atoms with Gasteiger partial charge in [-0.1, -0.05) is 0 Å². The third kappa shape index (κ3) is 2.40. The molecule has 0 fully saturated rings. The number of H-pyrrole nitrogens is 1. The van der Waals surface area contributed by atoms with Crippen LogP contribution in [0, 0.1) is 6.92 Å². The van der Waals surface area contributed by atoms with Gasteiger partial charge in [0.1, 0.15) is 12.2 Å². The van der Waals surface area contributed by atoms with E-state index < -0.39 is 0 Å². The van der Waals surface area contributed by atoms with Crippen molar-refractivity contribution in [2.24, 2.45) is 0 Å². The average molecular weight is 223 g/mol. The number of aromatic amines is 1.